The van der Waals surface area contributed by atoms with E-state index in [9.17, 15) is 14.4 Å². The van der Waals surface area contributed by atoms with Gasteiger partial charge in [0.05, 0.1) is 29.5 Å². The molecule has 1 aliphatic rings. The molecular formula is C20H13NO4. The third kappa shape index (κ3) is 2.21. The smallest absolute Gasteiger partial charge is 0.337 e. The molecule has 122 valence electrons. The normalized spacial score (nSPS) is 13.2. The van der Waals surface area contributed by atoms with E-state index in [4.69, 9.17) is 0 Å². The Hall–Kier alpha value is -3.47. The van der Waals surface area contributed by atoms with Crippen molar-refractivity contribution in [3.05, 3.63) is 77.4 Å². The molecule has 1 heterocycles. The Bertz CT molecular complexity index is 1050. The monoisotopic (exact) mass is 331 g/mol. The van der Waals surface area contributed by atoms with Crippen LogP contribution in [0.5, 0.6) is 0 Å². The third-order valence-electron chi connectivity index (χ3n) is 4.32. The van der Waals surface area contributed by atoms with Crippen molar-refractivity contribution in [3.8, 4) is 0 Å². The summed E-state index contributed by atoms with van der Waals surface area (Å²) in [7, 11) is 1.27. The molecule has 3 aromatic rings. The molecule has 2 amide bonds. The number of nitrogens with zero attached hydrogens (tertiary/aromatic N) is 1. The fraction of sp³-hybridized carbons (Fsp3) is 0.0500. The van der Waals surface area contributed by atoms with Crippen LogP contribution in [0.3, 0.4) is 0 Å². The number of rotatable bonds is 2. The number of imide groups is 1. The van der Waals surface area contributed by atoms with Crippen molar-refractivity contribution in [2.24, 2.45) is 0 Å². The van der Waals surface area contributed by atoms with E-state index < -0.39 is 17.8 Å². The number of hydrogen-bond donors (Lipinski definition) is 0. The van der Waals surface area contributed by atoms with Crippen molar-refractivity contribution < 1.29 is 19.1 Å². The molecule has 3 aromatic carbocycles. The predicted octanol–water partition coefficient (Wildman–Crippen LogP) is 3.43. The number of carbonyl (C=O) groups is 3. The van der Waals surface area contributed by atoms with Crippen molar-refractivity contribution in [2.75, 3.05) is 12.0 Å². The fourth-order valence-corrected chi connectivity index (χ4v) is 3.11. The second-order valence-electron chi connectivity index (χ2n) is 5.70. The predicted molar refractivity (Wildman–Crippen MR) is 92.9 cm³/mol. The lowest BCUT2D eigenvalue weighted by Crippen LogP contribution is -2.29. The van der Waals surface area contributed by atoms with Crippen LogP contribution in [-0.4, -0.2) is 24.9 Å². The van der Waals surface area contributed by atoms with Crippen molar-refractivity contribution in [1.82, 2.24) is 0 Å². The van der Waals surface area contributed by atoms with Crippen molar-refractivity contribution in [2.45, 2.75) is 0 Å². The molecule has 5 heteroatoms. The molecule has 0 radical (unpaired) electrons. The van der Waals surface area contributed by atoms with Gasteiger partial charge >= 0.3 is 5.97 Å². The van der Waals surface area contributed by atoms with Crippen LogP contribution in [-0.2, 0) is 4.74 Å². The van der Waals surface area contributed by atoms with E-state index in [1.54, 1.807) is 12.1 Å². The fourth-order valence-electron chi connectivity index (χ4n) is 3.11. The lowest BCUT2D eigenvalue weighted by atomic mass is 10.1. The minimum Gasteiger partial charge on any atom is -0.465 e. The molecule has 1 aliphatic heterocycles. The van der Waals surface area contributed by atoms with Gasteiger partial charge in [0.1, 0.15) is 0 Å². The Morgan fingerprint density at radius 3 is 2.40 bits per heavy atom. The molecule has 0 bridgehead atoms. The third-order valence-corrected chi connectivity index (χ3v) is 4.32. The molecule has 0 saturated heterocycles. The van der Waals surface area contributed by atoms with Crippen LogP contribution in [0.15, 0.2) is 60.7 Å². The maximum absolute atomic E-state index is 12.9. The molecule has 0 spiro atoms. The van der Waals surface area contributed by atoms with Gasteiger partial charge in [0.2, 0.25) is 0 Å². The van der Waals surface area contributed by atoms with Crippen molar-refractivity contribution in [3.63, 3.8) is 0 Å². The van der Waals surface area contributed by atoms with Gasteiger partial charge in [0.25, 0.3) is 11.8 Å². The summed E-state index contributed by atoms with van der Waals surface area (Å²) in [6.07, 6.45) is 0. The summed E-state index contributed by atoms with van der Waals surface area (Å²) < 4.78 is 4.68. The van der Waals surface area contributed by atoms with E-state index in [0.29, 0.717) is 5.69 Å². The zero-order valence-electron chi connectivity index (χ0n) is 13.4. The average Bonchev–Trinajstić information content (AvgIpc) is 2.91. The minimum absolute atomic E-state index is 0.209. The van der Waals surface area contributed by atoms with Gasteiger partial charge in [-0.15, -0.1) is 0 Å². The Morgan fingerprint density at radius 1 is 0.880 bits per heavy atom. The van der Waals surface area contributed by atoms with Crippen LogP contribution in [0, 0.1) is 0 Å². The van der Waals surface area contributed by atoms with Gasteiger partial charge in [0.15, 0.2) is 0 Å². The van der Waals surface area contributed by atoms with E-state index in [2.05, 4.69) is 4.74 Å². The zero-order chi connectivity index (χ0) is 17.6. The number of carbonyl (C=O) groups excluding carboxylic acids is 3. The number of amides is 2. The average molecular weight is 331 g/mol. The zero-order valence-corrected chi connectivity index (χ0v) is 13.4. The summed E-state index contributed by atoms with van der Waals surface area (Å²) in [6, 6.07) is 17.4. The van der Waals surface area contributed by atoms with Crippen LogP contribution < -0.4 is 4.90 Å². The van der Waals surface area contributed by atoms with Gasteiger partial charge < -0.3 is 4.74 Å². The summed E-state index contributed by atoms with van der Waals surface area (Å²) in [5.74, 6) is -1.39. The number of ether oxygens (including phenoxy) is 1. The maximum atomic E-state index is 12.9. The van der Waals surface area contributed by atoms with Crippen LogP contribution in [0.1, 0.15) is 31.1 Å². The van der Waals surface area contributed by atoms with E-state index in [1.807, 2.05) is 30.3 Å². The summed E-state index contributed by atoms with van der Waals surface area (Å²) >= 11 is 0. The highest BCUT2D eigenvalue weighted by Gasteiger charge is 2.37. The minimum atomic E-state index is -0.549. The topological polar surface area (TPSA) is 63.7 Å². The first kappa shape index (κ1) is 15.1. The van der Waals surface area contributed by atoms with E-state index in [-0.39, 0.29) is 16.7 Å². The molecule has 0 atom stereocenters. The van der Waals surface area contributed by atoms with Gasteiger partial charge in [-0.1, -0.05) is 36.4 Å². The SMILES string of the molecule is COC(=O)c1ccc2c(c1)C(=O)N(c1cccc3ccccc13)C2=O. The number of methoxy groups -OCH3 is 1. The Morgan fingerprint density at radius 2 is 1.60 bits per heavy atom. The summed E-state index contributed by atoms with van der Waals surface area (Å²) in [5, 5.41) is 1.75. The number of fused-ring (bicyclic) bond motifs is 2. The number of hydrogen-bond acceptors (Lipinski definition) is 4. The second-order valence-corrected chi connectivity index (χ2v) is 5.70. The summed E-state index contributed by atoms with van der Waals surface area (Å²) in [5.41, 5.74) is 1.26. The molecule has 0 N–H and O–H groups in total. The van der Waals surface area contributed by atoms with Gasteiger partial charge in [-0.25, -0.2) is 9.69 Å². The number of esters is 1. The molecule has 0 aliphatic carbocycles. The Kier molecular flexibility index (Phi) is 3.35. The Labute approximate surface area is 143 Å². The molecule has 25 heavy (non-hydrogen) atoms. The lowest BCUT2D eigenvalue weighted by molar-refractivity contribution is 0.0600. The first-order valence-corrected chi connectivity index (χ1v) is 7.70. The Balaban J connectivity index is 1.86. The molecule has 0 aromatic heterocycles. The van der Waals surface area contributed by atoms with Crippen LogP contribution in [0.25, 0.3) is 10.8 Å². The van der Waals surface area contributed by atoms with Crippen molar-refractivity contribution in [1.29, 1.82) is 0 Å². The van der Waals surface area contributed by atoms with E-state index >= 15 is 0 Å². The standard InChI is InChI=1S/C20H13NO4/c1-25-20(24)13-9-10-15-16(11-13)19(23)21(18(15)22)17-8-4-6-12-5-2-3-7-14(12)17/h2-11H,1H3. The highest BCUT2D eigenvalue weighted by atomic mass is 16.5. The molecular weight excluding hydrogens is 318 g/mol. The summed E-state index contributed by atoms with van der Waals surface area (Å²) in [6.45, 7) is 0. The molecule has 0 fully saturated rings. The molecule has 4 rings (SSSR count). The largest absolute Gasteiger partial charge is 0.465 e. The highest BCUT2D eigenvalue weighted by Crippen LogP contribution is 2.33. The quantitative estimate of drug-likeness (QED) is 0.533. The van der Waals surface area contributed by atoms with Gasteiger partial charge in [0, 0.05) is 5.39 Å². The molecule has 0 saturated carbocycles. The van der Waals surface area contributed by atoms with Crippen LogP contribution in [0.4, 0.5) is 5.69 Å². The van der Waals surface area contributed by atoms with E-state index in [1.165, 1.54) is 25.3 Å². The van der Waals surface area contributed by atoms with E-state index in [0.717, 1.165) is 15.7 Å². The molecule has 5 nitrogen and oxygen atoms in total. The van der Waals surface area contributed by atoms with Crippen LogP contribution in [0.2, 0.25) is 0 Å². The lowest BCUT2D eigenvalue weighted by Gasteiger charge is -2.16. The van der Waals surface area contributed by atoms with Gasteiger partial charge in [-0.05, 0) is 29.7 Å². The van der Waals surface area contributed by atoms with Gasteiger partial charge in [-0.3, -0.25) is 9.59 Å². The molecule has 0 unspecified atom stereocenters. The number of benzene rings is 3. The second kappa shape index (κ2) is 5.56. The van der Waals surface area contributed by atoms with Gasteiger partial charge in [-0.2, -0.15) is 0 Å². The first-order chi connectivity index (χ1) is 12.1. The number of anilines is 1. The van der Waals surface area contributed by atoms with Crippen LogP contribution >= 0.6 is 0 Å². The van der Waals surface area contributed by atoms with Crippen molar-refractivity contribution >= 4 is 34.2 Å². The first-order valence-electron chi connectivity index (χ1n) is 7.70. The summed E-state index contributed by atoms with van der Waals surface area (Å²) in [4.78, 5) is 38.5. The maximum Gasteiger partial charge on any atom is 0.337 e. The highest BCUT2D eigenvalue weighted by molar-refractivity contribution is 6.36.